The Morgan fingerprint density at radius 3 is 2.85 bits per heavy atom. The zero-order chi connectivity index (χ0) is 14.8. The molecule has 2 rings (SSSR count). The van der Waals surface area contributed by atoms with E-state index in [9.17, 15) is 13.2 Å². The lowest BCUT2D eigenvalue weighted by Crippen LogP contribution is -2.40. The van der Waals surface area contributed by atoms with Crippen LogP contribution in [0.2, 0.25) is 0 Å². The fourth-order valence-corrected chi connectivity index (χ4v) is 4.24. The summed E-state index contributed by atoms with van der Waals surface area (Å²) in [6, 6.07) is 6.98. The molecule has 110 valence electrons. The Bertz CT molecular complexity index is 602. The normalized spacial score (nSPS) is 20.6. The molecule has 20 heavy (non-hydrogen) atoms. The molecule has 0 spiro atoms. The van der Waals surface area contributed by atoms with E-state index in [2.05, 4.69) is 15.9 Å². The molecule has 0 aromatic heterocycles. The number of benzene rings is 1. The molecule has 1 aromatic rings. The fraction of sp³-hybridized carbons (Fsp3) is 0.462. The van der Waals surface area contributed by atoms with E-state index in [4.69, 9.17) is 4.74 Å². The van der Waals surface area contributed by atoms with Gasteiger partial charge in [-0.2, -0.15) is 0 Å². The number of carbonyl (C=O) groups is 1. The number of sulfone groups is 1. The molecule has 1 atom stereocenters. The van der Waals surface area contributed by atoms with Gasteiger partial charge < -0.3 is 9.64 Å². The van der Waals surface area contributed by atoms with Crippen molar-refractivity contribution in [2.24, 2.45) is 0 Å². The summed E-state index contributed by atoms with van der Waals surface area (Å²) in [6.45, 7) is -0.0937. The minimum atomic E-state index is -2.99. The highest BCUT2D eigenvalue weighted by Gasteiger charge is 2.32. The second kappa shape index (κ2) is 6.13. The number of nitrogens with zero attached hydrogens (tertiary/aromatic N) is 1. The summed E-state index contributed by atoms with van der Waals surface area (Å²) in [6.07, 6.45) is 0.501. The number of ether oxygens (including phenoxy) is 1. The largest absolute Gasteiger partial charge is 0.484 e. The summed E-state index contributed by atoms with van der Waals surface area (Å²) < 4.78 is 29.1. The van der Waals surface area contributed by atoms with Crippen LogP contribution < -0.4 is 4.74 Å². The third-order valence-corrected chi connectivity index (χ3v) is 5.55. The zero-order valence-corrected chi connectivity index (χ0v) is 13.5. The van der Waals surface area contributed by atoms with Gasteiger partial charge in [0, 0.05) is 17.6 Å². The molecule has 0 N–H and O–H groups in total. The Hall–Kier alpha value is -1.08. The van der Waals surface area contributed by atoms with Crippen LogP contribution in [-0.4, -0.2) is 50.4 Å². The van der Waals surface area contributed by atoms with E-state index in [-0.39, 0.29) is 30.1 Å². The van der Waals surface area contributed by atoms with Crippen molar-refractivity contribution in [3.05, 3.63) is 28.7 Å². The standard InChI is InChI=1S/C13H16BrNO4S/c1-15(11-5-6-20(17,18)9-11)13(16)8-19-12-4-2-3-10(14)7-12/h2-4,7,11H,5-6,8-9H2,1H3/t11-/m1/s1. The first kappa shape index (κ1) is 15.3. The van der Waals surface area contributed by atoms with Crippen LogP contribution in [0.25, 0.3) is 0 Å². The first-order valence-corrected chi connectivity index (χ1v) is 8.83. The number of hydrogen-bond acceptors (Lipinski definition) is 4. The maximum absolute atomic E-state index is 12.0. The monoisotopic (exact) mass is 361 g/mol. The summed E-state index contributed by atoms with van der Waals surface area (Å²) in [5.41, 5.74) is 0. The van der Waals surface area contributed by atoms with Gasteiger partial charge in [-0.3, -0.25) is 4.79 Å². The van der Waals surface area contributed by atoms with Crippen molar-refractivity contribution in [2.75, 3.05) is 25.2 Å². The highest BCUT2D eigenvalue weighted by Crippen LogP contribution is 2.19. The van der Waals surface area contributed by atoms with Crippen LogP contribution in [0.3, 0.4) is 0 Å². The quantitative estimate of drug-likeness (QED) is 0.814. The molecule has 1 fully saturated rings. The molecule has 0 radical (unpaired) electrons. The Balaban J connectivity index is 1.89. The van der Waals surface area contributed by atoms with E-state index < -0.39 is 9.84 Å². The van der Waals surface area contributed by atoms with Gasteiger partial charge in [0.05, 0.1) is 11.5 Å². The highest BCUT2D eigenvalue weighted by atomic mass is 79.9. The van der Waals surface area contributed by atoms with Crippen LogP contribution in [0.15, 0.2) is 28.7 Å². The molecular formula is C13H16BrNO4S. The van der Waals surface area contributed by atoms with Gasteiger partial charge in [0.15, 0.2) is 16.4 Å². The van der Waals surface area contributed by atoms with Crippen LogP contribution in [0.1, 0.15) is 6.42 Å². The van der Waals surface area contributed by atoms with Crippen molar-refractivity contribution in [3.8, 4) is 5.75 Å². The zero-order valence-electron chi connectivity index (χ0n) is 11.1. The molecule has 0 saturated carbocycles. The van der Waals surface area contributed by atoms with Gasteiger partial charge in [0.1, 0.15) is 5.75 Å². The Morgan fingerprint density at radius 2 is 2.25 bits per heavy atom. The van der Waals surface area contributed by atoms with Crippen molar-refractivity contribution >= 4 is 31.7 Å². The predicted octanol–water partition coefficient (Wildman–Crippen LogP) is 1.47. The fourth-order valence-electron chi connectivity index (χ4n) is 2.09. The summed E-state index contributed by atoms with van der Waals surface area (Å²) in [5, 5.41) is 0. The molecule has 7 heteroatoms. The number of rotatable bonds is 4. The van der Waals surface area contributed by atoms with E-state index in [0.29, 0.717) is 12.2 Å². The smallest absolute Gasteiger partial charge is 0.260 e. The van der Waals surface area contributed by atoms with Gasteiger partial charge in [0.2, 0.25) is 0 Å². The topological polar surface area (TPSA) is 63.7 Å². The predicted molar refractivity (Wildman–Crippen MR) is 79.5 cm³/mol. The molecule has 1 saturated heterocycles. The summed E-state index contributed by atoms with van der Waals surface area (Å²) in [4.78, 5) is 13.5. The molecule has 1 heterocycles. The lowest BCUT2D eigenvalue weighted by molar-refractivity contribution is -0.133. The summed E-state index contributed by atoms with van der Waals surface area (Å²) >= 11 is 3.32. The molecule has 0 unspecified atom stereocenters. The van der Waals surface area contributed by atoms with Crippen LogP contribution >= 0.6 is 15.9 Å². The van der Waals surface area contributed by atoms with Gasteiger partial charge in [-0.25, -0.2) is 8.42 Å². The minimum absolute atomic E-state index is 0.0477. The van der Waals surface area contributed by atoms with Crippen LogP contribution in [0.4, 0.5) is 0 Å². The Labute approximate surface area is 127 Å². The average molecular weight is 362 g/mol. The lowest BCUT2D eigenvalue weighted by Gasteiger charge is -2.23. The summed E-state index contributed by atoms with van der Waals surface area (Å²) in [5.74, 6) is 0.584. The number of halogens is 1. The number of amides is 1. The van der Waals surface area contributed by atoms with Crippen molar-refractivity contribution in [1.29, 1.82) is 0 Å². The van der Waals surface area contributed by atoms with E-state index in [1.54, 1.807) is 19.2 Å². The number of carbonyl (C=O) groups excluding carboxylic acids is 1. The van der Waals surface area contributed by atoms with Gasteiger partial charge >= 0.3 is 0 Å². The molecule has 1 aromatic carbocycles. The van der Waals surface area contributed by atoms with Crippen molar-refractivity contribution in [3.63, 3.8) is 0 Å². The molecule has 0 bridgehead atoms. The minimum Gasteiger partial charge on any atom is -0.484 e. The van der Waals surface area contributed by atoms with Crippen LogP contribution in [0.5, 0.6) is 5.75 Å². The molecule has 1 amide bonds. The second-order valence-corrected chi connectivity index (χ2v) is 7.95. The van der Waals surface area contributed by atoms with Gasteiger partial charge in [-0.15, -0.1) is 0 Å². The maximum atomic E-state index is 12.0. The molecule has 1 aliphatic heterocycles. The number of likely N-dealkylation sites (N-methyl/N-ethyl adjacent to an activating group) is 1. The molecule has 1 aliphatic rings. The first-order chi connectivity index (χ1) is 9.37. The summed E-state index contributed by atoms with van der Waals surface area (Å²) in [7, 11) is -1.36. The average Bonchev–Trinajstić information content (AvgIpc) is 2.75. The van der Waals surface area contributed by atoms with Crippen molar-refractivity contribution in [2.45, 2.75) is 12.5 Å². The maximum Gasteiger partial charge on any atom is 0.260 e. The Kier molecular flexibility index (Phi) is 4.70. The van der Waals surface area contributed by atoms with Crippen LogP contribution in [-0.2, 0) is 14.6 Å². The van der Waals surface area contributed by atoms with Crippen LogP contribution in [0, 0.1) is 0 Å². The molecule has 0 aliphatic carbocycles. The van der Waals surface area contributed by atoms with Gasteiger partial charge in [-0.1, -0.05) is 22.0 Å². The van der Waals surface area contributed by atoms with E-state index in [1.165, 1.54) is 4.90 Å². The third kappa shape index (κ3) is 3.96. The molecular weight excluding hydrogens is 346 g/mol. The second-order valence-electron chi connectivity index (χ2n) is 4.81. The van der Waals surface area contributed by atoms with E-state index >= 15 is 0 Å². The van der Waals surface area contributed by atoms with Gasteiger partial charge in [-0.05, 0) is 24.6 Å². The Morgan fingerprint density at radius 1 is 1.50 bits per heavy atom. The number of hydrogen-bond donors (Lipinski definition) is 0. The lowest BCUT2D eigenvalue weighted by atomic mass is 10.2. The van der Waals surface area contributed by atoms with E-state index in [0.717, 1.165) is 4.47 Å². The first-order valence-electron chi connectivity index (χ1n) is 6.22. The van der Waals surface area contributed by atoms with Crippen molar-refractivity contribution < 1.29 is 17.9 Å². The van der Waals surface area contributed by atoms with Crippen molar-refractivity contribution in [1.82, 2.24) is 4.90 Å². The molecule has 5 nitrogen and oxygen atoms in total. The highest BCUT2D eigenvalue weighted by molar-refractivity contribution is 9.10. The third-order valence-electron chi connectivity index (χ3n) is 3.31. The van der Waals surface area contributed by atoms with Gasteiger partial charge in [0.25, 0.3) is 5.91 Å². The van der Waals surface area contributed by atoms with E-state index in [1.807, 2.05) is 12.1 Å². The SMILES string of the molecule is CN(C(=O)COc1cccc(Br)c1)[C@@H]1CCS(=O)(=O)C1.